The van der Waals surface area contributed by atoms with E-state index in [4.69, 9.17) is 4.74 Å². The van der Waals surface area contributed by atoms with E-state index in [0.29, 0.717) is 6.42 Å². The van der Waals surface area contributed by atoms with Crippen molar-refractivity contribution in [3.63, 3.8) is 0 Å². The summed E-state index contributed by atoms with van der Waals surface area (Å²) in [6.07, 6.45) is 3.22. The van der Waals surface area contributed by atoms with E-state index in [1.165, 1.54) is 7.11 Å². The normalized spacial score (nSPS) is 22.8. The highest BCUT2D eigenvalue weighted by Crippen LogP contribution is 2.32. The summed E-state index contributed by atoms with van der Waals surface area (Å²) < 4.78 is 5.74. The van der Waals surface area contributed by atoms with Crippen molar-refractivity contribution in [2.45, 2.75) is 25.7 Å². The number of hydrogen-bond donors (Lipinski definition) is 0. The van der Waals surface area contributed by atoms with E-state index in [0.717, 1.165) is 29.3 Å². The first-order chi connectivity index (χ1) is 9.11. The molecule has 0 unspecified atom stereocenters. The second-order valence-corrected chi connectivity index (χ2v) is 5.87. The molecule has 3 nitrogen and oxygen atoms in total. The molecule has 0 bridgehead atoms. The van der Waals surface area contributed by atoms with Crippen molar-refractivity contribution in [3.8, 4) is 0 Å². The van der Waals surface area contributed by atoms with Gasteiger partial charge in [0.2, 0.25) is 0 Å². The van der Waals surface area contributed by atoms with Crippen LogP contribution in [-0.4, -0.2) is 18.9 Å². The van der Waals surface area contributed by atoms with Gasteiger partial charge in [0.05, 0.1) is 13.0 Å². The zero-order valence-corrected chi connectivity index (χ0v) is 12.5. The number of Topliss-reactive ketones (excluding diaryl/α,β-unsaturated/α-hetero) is 1. The van der Waals surface area contributed by atoms with Crippen LogP contribution in [0.5, 0.6) is 0 Å². The van der Waals surface area contributed by atoms with Crippen molar-refractivity contribution in [1.82, 2.24) is 0 Å². The summed E-state index contributed by atoms with van der Waals surface area (Å²) >= 11 is 3.36. The molecule has 2 atom stereocenters. The SMILES string of the molecule is COC(=O)[C@H]1CCC[C@H](C(=O)c2ccc(Br)cc2)C1. The first kappa shape index (κ1) is 14.3. The summed E-state index contributed by atoms with van der Waals surface area (Å²) in [5.41, 5.74) is 0.721. The Hall–Kier alpha value is -1.16. The maximum Gasteiger partial charge on any atom is 0.308 e. The third-order valence-electron chi connectivity index (χ3n) is 3.71. The molecule has 0 radical (unpaired) electrons. The maximum absolute atomic E-state index is 12.4. The fourth-order valence-corrected chi connectivity index (χ4v) is 2.92. The number of benzene rings is 1. The number of halogens is 1. The Balaban J connectivity index is 2.06. The van der Waals surface area contributed by atoms with Crippen molar-refractivity contribution in [2.24, 2.45) is 11.8 Å². The van der Waals surface area contributed by atoms with Gasteiger partial charge in [-0.2, -0.15) is 0 Å². The molecule has 0 aromatic heterocycles. The van der Waals surface area contributed by atoms with Gasteiger partial charge in [0.15, 0.2) is 5.78 Å². The van der Waals surface area contributed by atoms with E-state index >= 15 is 0 Å². The predicted octanol–water partition coefficient (Wildman–Crippen LogP) is 3.61. The number of carbonyl (C=O) groups excluding carboxylic acids is 2. The molecular weight excluding hydrogens is 308 g/mol. The number of methoxy groups -OCH3 is 1. The number of hydrogen-bond acceptors (Lipinski definition) is 3. The van der Waals surface area contributed by atoms with Gasteiger partial charge in [0.25, 0.3) is 0 Å². The van der Waals surface area contributed by atoms with Crippen LogP contribution >= 0.6 is 15.9 Å². The van der Waals surface area contributed by atoms with Crippen molar-refractivity contribution in [3.05, 3.63) is 34.3 Å². The topological polar surface area (TPSA) is 43.4 Å². The monoisotopic (exact) mass is 324 g/mol. The molecule has 0 aliphatic heterocycles. The molecule has 1 aliphatic rings. The Morgan fingerprint density at radius 2 is 1.79 bits per heavy atom. The minimum Gasteiger partial charge on any atom is -0.469 e. The van der Waals surface area contributed by atoms with Crippen molar-refractivity contribution >= 4 is 27.7 Å². The number of esters is 1. The lowest BCUT2D eigenvalue weighted by Gasteiger charge is -2.26. The van der Waals surface area contributed by atoms with Crippen LogP contribution in [0.4, 0.5) is 0 Å². The average molecular weight is 325 g/mol. The van der Waals surface area contributed by atoms with E-state index in [9.17, 15) is 9.59 Å². The molecule has 0 N–H and O–H groups in total. The fraction of sp³-hybridized carbons (Fsp3) is 0.467. The third-order valence-corrected chi connectivity index (χ3v) is 4.24. The molecule has 0 amide bonds. The van der Waals surface area contributed by atoms with Gasteiger partial charge in [-0.3, -0.25) is 9.59 Å². The van der Waals surface area contributed by atoms with Gasteiger partial charge in [0.1, 0.15) is 0 Å². The zero-order chi connectivity index (χ0) is 13.8. The highest BCUT2D eigenvalue weighted by molar-refractivity contribution is 9.10. The summed E-state index contributed by atoms with van der Waals surface area (Å²) in [5.74, 6) is -0.225. The highest BCUT2D eigenvalue weighted by Gasteiger charge is 2.31. The smallest absolute Gasteiger partial charge is 0.308 e. The van der Waals surface area contributed by atoms with Crippen molar-refractivity contribution in [2.75, 3.05) is 7.11 Å². The van der Waals surface area contributed by atoms with Crippen LogP contribution in [0.3, 0.4) is 0 Å². The van der Waals surface area contributed by atoms with Crippen LogP contribution in [0.25, 0.3) is 0 Å². The van der Waals surface area contributed by atoms with Gasteiger partial charge >= 0.3 is 5.97 Å². The van der Waals surface area contributed by atoms with Crippen LogP contribution in [0.1, 0.15) is 36.0 Å². The first-order valence-electron chi connectivity index (χ1n) is 6.49. The molecule has 1 fully saturated rings. The molecule has 0 saturated heterocycles. The average Bonchev–Trinajstić information content (AvgIpc) is 2.46. The Labute approximate surface area is 121 Å². The van der Waals surface area contributed by atoms with Crippen LogP contribution in [0.15, 0.2) is 28.7 Å². The van der Waals surface area contributed by atoms with Gasteiger partial charge in [-0.25, -0.2) is 0 Å². The van der Waals surface area contributed by atoms with Crippen molar-refractivity contribution < 1.29 is 14.3 Å². The molecule has 19 heavy (non-hydrogen) atoms. The van der Waals surface area contributed by atoms with Gasteiger partial charge < -0.3 is 4.74 Å². The standard InChI is InChI=1S/C15H17BrO3/c1-19-15(18)12-4-2-3-11(9-12)14(17)10-5-7-13(16)8-6-10/h5-8,11-12H,2-4,9H2,1H3/t11-,12-/m0/s1. The Morgan fingerprint density at radius 1 is 1.16 bits per heavy atom. The number of ether oxygens (including phenoxy) is 1. The maximum atomic E-state index is 12.4. The van der Waals surface area contributed by atoms with Crippen LogP contribution < -0.4 is 0 Å². The largest absolute Gasteiger partial charge is 0.469 e. The predicted molar refractivity (Wildman–Crippen MR) is 75.9 cm³/mol. The van der Waals surface area contributed by atoms with Crippen LogP contribution in [0, 0.1) is 11.8 Å². The Kier molecular flexibility index (Phi) is 4.75. The molecule has 1 aromatic carbocycles. The lowest BCUT2D eigenvalue weighted by molar-refractivity contribution is -0.146. The third kappa shape index (κ3) is 3.44. The van der Waals surface area contributed by atoms with E-state index in [-0.39, 0.29) is 23.6 Å². The molecule has 102 valence electrons. The molecule has 0 spiro atoms. The minimum atomic E-state index is -0.187. The fourth-order valence-electron chi connectivity index (χ4n) is 2.66. The van der Waals surface area contributed by atoms with E-state index in [1.807, 2.05) is 24.3 Å². The zero-order valence-electron chi connectivity index (χ0n) is 10.9. The second kappa shape index (κ2) is 6.33. The lowest BCUT2D eigenvalue weighted by atomic mass is 9.78. The second-order valence-electron chi connectivity index (χ2n) is 4.95. The number of rotatable bonds is 3. The highest BCUT2D eigenvalue weighted by atomic mass is 79.9. The summed E-state index contributed by atoms with van der Waals surface area (Å²) in [4.78, 5) is 24.0. The van der Waals surface area contributed by atoms with Gasteiger partial charge in [-0.05, 0) is 31.4 Å². The Bertz CT molecular complexity index is 467. The van der Waals surface area contributed by atoms with Gasteiger partial charge in [0, 0.05) is 16.0 Å². The van der Waals surface area contributed by atoms with E-state index < -0.39 is 0 Å². The number of carbonyl (C=O) groups is 2. The Morgan fingerprint density at radius 3 is 2.42 bits per heavy atom. The van der Waals surface area contributed by atoms with Gasteiger partial charge in [-0.15, -0.1) is 0 Å². The summed E-state index contributed by atoms with van der Waals surface area (Å²) in [7, 11) is 1.41. The number of ketones is 1. The van der Waals surface area contributed by atoms with E-state index in [1.54, 1.807) is 0 Å². The minimum absolute atomic E-state index is 0.0565. The summed E-state index contributed by atoms with van der Waals surface area (Å²) in [6, 6.07) is 7.39. The molecule has 0 heterocycles. The molecule has 1 aromatic rings. The van der Waals surface area contributed by atoms with Crippen molar-refractivity contribution in [1.29, 1.82) is 0 Å². The van der Waals surface area contributed by atoms with Crippen LogP contribution in [-0.2, 0) is 9.53 Å². The molecule has 1 aliphatic carbocycles. The van der Waals surface area contributed by atoms with Crippen LogP contribution in [0.2, 0.25) is 0 Å². The molecular formula is C15H17BrO3. The lowest BCUT2D eigenvalue weighted by Crippen LogP contribution is -2.28. The quantitative estimate of drug-likeness (QED) is 0.630. The van der Waals surface area contributed by atoms with E-state index in [2.05, 4.69) is 15.9 Å². The first-order valence-corrected chi connectivity index (χ1v) is 7.28. The summed E-state index contributed by atoms with van der Waals surface area (Å²) in [6.45, 7) is 0. The molecule has 4 heteroatoms. The summed E-state index contributed by atoms with van der Waals surface area (Å²) in [5, 5.41) is 0. The molecule has 2 rings (SSSR count). The molecule has 1 saturated carbocycles. The van der Waals surface area contributed by atoms with Gasteiger partial charge in [-0.1, -0.05) is 34.5 Å².